The van der Waals surface area contributed by atoms with Crippen molar-refractivity contribution < 1.29 is 13.2 Å². The summed E-state index contributed by atoms with van der Waals surface area (Å²) >= 11 is 3.32. The third-order valence-electron chi connectivity index (χ3n) is 3.37. The number of carbonyl (C=O) groups is 1. The van der Waals surface area contributed by atoms with Crippen LogP contribution in [0.4, 0.5) is 0 Å². The van der Waals surface area contributed by atoms with Crippen LogP contribution in [-0.4, -0.2) is 52.1 Å². The summed E-state index contributed by atoms with van der Waals surface area (Å²) in [5.74, 6) is -0.266. The average molecular weight is 386 g/mol. The predicted molar refractivity (Wildman–Crippen MR) is 81.4 cm³/mol. The average Bonchev–Trinajstić information content (AvgIpc) is 3.08. The molecule has 1 aliphatic rings. The standard InChI is InChI=1S/C12H12BrN5O3S/c13-8-1-2-11(18-7-14-16-17-18)10(5-8)12(19)15-9-3-4-22(20,21)6-9/h1-2,5,7,9H,3-4,6H2,(H,15,19)/t9-/m0/s1. The first kappa shape index (κ1) is 15.1. The number of nitrogens with one attached hydrogen (secondary N) is 1. The second-order valence-electron chi connectivity index (χ2n) is 4.99. The summed E-state index contributed by atoms with van der Waals surface area (Å²) in [6.45, 7) is 0. The maximum Gasteiger partial charge on any atom is 0.253 e. The zero-order valence-corrected chi connectivity index (χ0v) is 13.7. The summed E-state index contributed by atoms with van der Waals surface area (Å²) in [5, 5.41) is 13.6. The Balaban J connectivity index is 1.87. The lowest BCUT2D eigenvalue weighted by molar-refractivity contribution is 0.0941. The van der Waals surface area contributed by atoms with E-state index in [1.165, 1.54) is 11.0 Å². The molecule has 1 N–H and O–H groups in total. The molecular weight excluding hydrogens is 374 g/mol. The second kappa shape index (κ2) is 5.76. The Morgan fingerprint density at radius 1 is 1.41 bits per heavy atom. The van der Waals surface area contributed by atoms with Crippen molar-refractivity contribution in [1.82, 2.24) is 25.5 Å². The molecule has 0 spiro atoms. The molecule has 22 heavy (non-hydrogen) atoms. The van der Waals surface area contributed by atoms with Gasteiger partial charge < -0.3 is 5.32 Å². The molecule has 116 valence electrons. The van der Waals surface area contributed by atoms with E-state index >= 15 is 0 Å². The SMILES string of the molecule is O=C(N[C@H]1CCS(=O)(=O)C1)c1cc(Br)ccc1-n1cnnn1. The van der Waals surface area contributed by atoms with E-state index in [1.807, 2.05) is 0 Å². The number of benzene rings is 1. The predicted octanol–water partition coefficient (Wildman–Crippen LogP) is 0.342. The van der Waals surface area contributed by atoms with Crippen LogP contribution >= 0.6 is 15.9 Å². The first-order valence-corrected chi connectivity index (χ1v) is 9.10. The summed E-state index contributed by atoms with van der Waals surface area (Å²) in [4.78, 5) is 12.5. The zero-order chi connectivity index (χ0) is 15.7. The smallest absolute Gasteiger partial charge is 0.253 e. The van der Waals surface area contributed by atoms with E-state index in [2.05, 4.69) is 36.8 Å². The van der Waals surface area contributed by atoms with Gasteiger partial charge in [-0.05, 0) is 35.0 Å². The molecule has 8 nitrogen and oxygen atoms in total. The molecule has 10 heteroatoms. The van der Waals surface area contributed by atoms with E-state index < -0.39 is 9.84 Å². The minimum absolute atomic E-state index is 0.0209. The molecule has 0 saturated carbocycles. The minimum Gasteiger partial charge on any atom is -0.348 e. The number of halogens is 1. The van der Waals surface area contributed by atoms with Crippen LogP contribution in [0.1, 0.15) is 16.8 Å². The van der Waals surface area contributed by atoms with Crippen LogP contribution in [0.25, 0.3) is 5.69 Å². The van der Waals surface area contributed by atoms with Crippen LogP contribution in [0, 0.1) is 0 Å². The van der Waals surface area contributed by atoms with Crippen molar-refractivity contribution in [2.45, 2.75) is 12.5 Å². The Labute approximate surface area is 134 Å². The normalized spacial score (nSPS) is 20.0. The molecular formula is C12H12BrN5O3S. The van der Waals surface area contributed by atoms with Gasteiger partial charge in [0, 0.05) is 10.5 Å². The van der Waals surface area contributed by atoms with Gasteiger partial charge in [0.25, 0.3) is 5.91 Å². The van der Waals surface area contributed by atoms with Gasteiger partial charge in [-0.1, -0.05) is 15.9 Å². The molecule has 1 aromatic carbocycles. The van der Waals surface area contributed by atoms with Crippen LogP contribution in [0.2, 0.25) is 0 Å². The molecule has 1 fully saturated rings. The summed E-state index contributed by atoms with van der Waals surface area (Å²) in [7, 11) is -3.05. The van der Waals surface area contributed by atoms with Crippen LogP contribution in [0.5, 0.6) is 0 Å². The van der Waals surface area contributed by atoms with Crippen LogP contribution in [-0.2, 0) is 9.84 Å². The fourth-order valence-electron chi connectivity index (χ4n) is 2.33. The molecule has 0 aliphatic carbocycles. The van der Waals surface area contributed by atoms with Crippen LogP contribution < -0.4 is 5.32 Å². The maximum absolute atomic E-state index is 12.5. The number of amides is 1. The van der Waals surface area contributed by atoms with Gasteiger partial charge in [-0.3, -0.25) is 4.79 Å². The topological polar surface area (TPSA) is 107 Å². The number of aromatic nitrogens is 4. The number of nitrogens with zero attached hydrogens (tertiary/aromatic N) is 4. The van der Waals surface area contributed by atoms with E-state index in [4.69, 9.17) is 0 Å². The molecule has 3 rings (SSSR count). The fourth-order valence-corrected chi connectivity index (χ4v) is 4.37. The lowest BCUT2D eigenvalue weighted by Crippen LogP contribution is -2.36. The zero-order valence-electron chi connectivity index (χ0n) is 11.3. The molecule has 2 aromatic rings. The number of rotatable bonds is 3. The van der Waals surface area contributed by atoms with Gasteiger partial charge in [0.15, 0.2) is 9.84 Å². The van der Waals surface area contributed by atoms with Gasteiger partial charge >= 0.3 is 0 Å². The summed E-state index contributed by atoms with van der Waals surface area (Å²) in [6, 6.07) is 4.77. The number of carbonyl (C=O) groups excluding carboxylic acids is 1. The van der Waals surface area contributed by atoms with Crippen molar-refractivity contribution in [3.63, 3.8) is 0 Å². The van der Waals surface area contributed by atoms with Gasteiger partial charge in [0.2, 0.25) is 0 Å². The third kappa shape index (κ3) is 3.17. The highest BCUT2D eigenvalue weighted by molar-refractivity contribution is 9.10. The largest absolute Gasteiger partial charge is 0.348 e. The Morgan fingerprint density at radius 2 is 2.23 bits per heavy atom. The molecule has 1 aliphatic heterocycles. The summed E-state index contributed by atoms with van der Waals surface area (Å²) in [5.41, 5.74) is 0.887. The molecule has 0 radical (unpaired) electrons. The highest BCUT2D eigenvalue weighted by Gasteiger charge is 2.29. The first-order valence-electron chi connectivity index (χ1n) is 6.49. The quantitative estimate of drug-likeness (QED) is 0.816. The molecule has 1 amide bonds. The number of hydrogen-bond donors (Lipinski definition) is 1. The lowest BCUT2D eigenvalue weighted by atomic mass is 10.1. The molecule has 0 bridgehead atoms. The van der Waals surface area contributed by atoms with Gasteiger partial charge in [-0.2, -0.15) is 4.68 Å². The summed E-state index contributed by atoms with van der Waals surface area (Å²) < 4.78 is 25.1. The third-order valence-corrected chi connectivity index (χ3v) is 5.63. The van der Waals surface area contributed by atoms with Crippen molar-refractivity contribution in [1.29, 1.82) is 0 Å². The van der Waals surface area contributed by atoms with Crippen molar-refractivity contribution in [2.24, 2.45) is 0 Å². The minimum atomic E-state index is -3.05. The number of sulfone groups is 1. The monoisotopic (exact) mass is 385 g/mol. The van der Waals surface area contributed by atoms with Crippen molar-refractivity contribution >= 4 is 31.7 Å². The Bertz CT molecular complexity index is 806. The molecule has 1 atom stereocenters. The highest BCUT2D eigenvalue weighted by Crippen LogP contribution is 2.20. The Morgan fingerprint density at radius 3 is 2.86 bits per heavy atom. The van der Waals surface area contributed by atoms with Gasteiger partial charge in [0.05, 0.1) is 22.8 Å². The first-order chi connectivity index (χ1) is 10.4. The van der Waals surface area contributed by atoms with Crippen molar-refractivity contribution in [3.8, 4) is 5.69 Å². The van der Waals surface area contributed by atoms with E-state index in [0.29, 0.717) is 17.7 Å². The van der Waals surface area contributed by atoms with E-state index in [1.54, 1.807) is 18.2 Å². The number of hydrogen-bond acceptors (Lipinski definition) is 6. The highest BCUT2D eigenvalue weighted by atomic mass is 79.9. The lowest BCUT2D eigenvalue weighted by Gasteiger charge is -2.13. The van der Waals surface area contributed by atoms with Crippen molar-refractivity contribution in [2.75, 3.05) is 11.5 Å². The van der Waals surface area contributed by atoms with Crippen LogP contribution in [0.15, 0.2) is 29.0 Å². The summed E-state index contributed by atoms with van der Waals surface area (Å²) in [6.07, 6.45) is 1.82. The number of tetrazole rings is 1. The molecule has 0 unspecified atom stereocenters. The molecule has 2 heterocycles. The van der Waals surface area contributed by atoms with Crippen LogP contribution in [0.3, 0.4) is 0 Å². The van der Waals surface area contributed by atoms with E-state index in [9.17, 15) is 13.2 Å². The fraction of sp³-hybridized carbons (Fsp3) is 0.333. The van der Waals surface area contributed by atoms with Crippen molar-refractivity contribution in [3.05, 3.63) is 34.6 Å². The molecule has 1 aromatic heterocycles. The Hall–Kier alpha value is -1.81. The second-order valence-corrected chi connectivity index (χ2v) is 8.13. The van der Waals surface area contributed by atoms with E-state index in [-0.39, 0.29) is 23.5 Å². The van der Waals surface area contributed by atoms with E-state index in [0.717, 1.165) is 4.47 Å². The maximum atomic E-state index is 12.5. The van der Waals surface area contributed by atoms with Gasteiger partial charge in [0.1, 0.15) is 6.33 Å². The Kier molecular flexibility index (Phi) is 3.96. The van der Waals surface area contributed by atoms with Gasteiger partial charge in [-0.15, -0.1) is 5.10 Å². The molecule has 1 saturated heterocycles. The van der Waals surface area contributed by atoms with Gasteiger partial charge in [-0.25, -0.2) is 8.42 Å².